The number of nitrogens with zero attached hydrogens (tertiary/aromatic N) is 2. The number of carbonyl (C=O) groups excluding carboxylic acids is 1. The molecule has 0 amide bonds. The molecular weight excluding hydrogens is 438 g/mol. The number of ether oxygens (including phenoxy) is 2. The standard InChI is InChI=1S/C21H25N3O7S/c1-3-31-21(27)14-5-4-10-24(13-14)19-18(20(25)26)11-15(12-22-19)23-32(28,29)17-8-6-16(30-2)7-9-17/h6-9,11-12,14,23H,3-5,10,13H2,1-2H3,(H,25,26). The van der Waals surface area contributed by atoms with E-state index in [0.29, 0.717) is 25.1 Å². The van der Waals surface area contributed by atoms with Gasteiger partial charge >= 0.3 is 11.9 Å². The Morgan fingerprint density at radius 2 is 2.00 bits per heavy atom. The van der Waals surface area contributed by atoms with Crippen molar-refractivity contribution in [2.75, 3.05) is 36.4 Å². The Bertz CT molecular complexity index is 1090. The first-order valence-corrected chi connectivity index (χ1v) is 11.5. The molecule has 1 saturated heterocycles. The lowest BCUT2D eigenvalue weighted by Crippen LogP contribution is -2.40. The number of rotatable bonds is 8. The lowest BCUT2D eigenvalue weighted by molar-refractivity contribution is -0.148. The van der Waals surface area contributed by atoms with Gasteiger partial charge in [0.25, 0.3) is 10.0 Å². The second-order valence-electron chi connectivity index (χ2n) is 7.22. The first kappa shape index (κ1) is 23.3. The van der Waals surface area contributed by atoms with Gasteiger partial charge in [0, 0.05) is 13.1 Å². The normalized spacial score (nSPS) is 16.3. The van der Waals surface area contributed by atoms with Crippen LogP contribution in [0.25, 0.3) is 0 Å². The predicted octanol–water partition coefficient (Wildman–Crippen LogP) is 2.37. The Morgan fingerprint density at radius 3 is 2.62 bits per heavy atom. The summed E-state index contributed by atoms with van der Waals surface area (Å²) in [6.45, 7) is 2.81. The molecule has 3 rings (SSSR count). The third-order valence-corrected chi connectivity index (χ3v) is 6.46. The number of pyridine rings is 1. The van der Waals surface area contributed by atoms with Crippen molar-refractivity contribution >= 4 is 33.5 Å². The van der Waals surface area contributed by atoms with E-state index in [1.54, 1.807) is 11.8 Å². The number of aromatic nitrogens is 1. The molecule has 2 N–H and O–H groups in total. The molecule has 1 fully saturated rings. The quantitative estimate of drug-likeness (QED) is 0.566. The van der Waals surface area contributed by atoms with Crippen LogP contribution in [0, 0.1) is 5.92 Å². The van der Waals surface area contributed by atoms with Crippen molar-refractivity contribution in [3.63, 3.8) is 0 Å². The number of anilines is 2. The molecule has 2 heterocycles. The summed E-state index contributed by atoms with van der Waals surface area (Å²) in [4.78, 5) is 29.9. The average molecular weight is 464 g/mol. The molecule has 0 radical (unpaired) electrons. The van der Waals surface area contributed by atoms with Crippen molar-refractivity contribution in [2.24, 2.45) is 5.92 Å². The molecule has 10 nitrogen and oxygen atoms in total. The van der Waals surface area contributed by atoms with Crippen molar-refractivity contribution in [2.45, 2.75) is 24.7 Å². The van der Waals surface area contributed by atoms with Gasteiger partial charge in [-0.15, -0.1) is 0 Å². The van der Waals surface area contributed by atoms with E-state index >= 15 is 0 Å². The molecule has 2 aromatic rings. The predicted molar refractivity (Wildman–Crippen MR) is 117 cm³/mol. The number of hydrogen-bond acceptors (Lipinski definition) is 8. The van der Waals surface area contributed by atoms with Crippen LogP contribution < -0.4 is 14.4 Å². The molecule has 1 aromatic carbocycles. The molecule has 0 aliphatic carbocycles. The molecule has 1 unspecified atom stereocenters. The number of benzene rings is 1. The number of carboxylic acids is 1. The maximum Gasteiger partial charge on any atom is 0.339 e. The molecule has 1 aromatic heterocycles. The molecule has 172 valence electrons. The number of piperidine rings is 1. The van der Waals surface area contributed by atoms with Gasteiger partial charge in [0.15, 0.2) is 0 Å². The number of nitrogens with one attached hydrogen (secondary N) is 1. The Hall–Kier alpha value is -3.34. The van der Waals surface area contributed by atoms with Crippen LogP contribution in [-0.4, -0.2) is 57.3 Å². The van der Waals surface area contributed by atoms with Gasteiger partial charge in [0.1, 0.15) is 17.1 Å². The summed E-state index contributed by atoms with van der Waals surface area (Å²) < 4.78 is 37.8. The van der Waals surface area contributed by atoms with Crippen LogP contribution in [0.2, 0.25) is 0 Å². The van der Waals surface area contributed by atoms with Crippen LogP contribution >= 0.6 is 0 Å². The average Bonchev–Trinajstić information content (AvgIpc) is 2.79. The van der Waals surface area contributed by atoms with Crippen LogP contribution in [-0.2, 0) is 19.6 Å². The van der Waals surface area contributed by atoms with Gasteiger partial charge in [-0.05, 0) is 50.1 Å². The van der Waals surface area contributed by atoms with Crippen molar-refractivity contribution in [3.8, 4) is 5.75 Å². The van der Waals surface area contributed by atoms with Crippen molar-refractivity contribution < 1.29 is 32.6 Å². The number of esters is 1. The van der Waals surface area contributed by atoms with Gasteiger partial charge in [-0.1, -0.05) is 0 Å². The minimum Gasteiger partial charge on any atom is -0.497 e. The van der Waals surface area contributed by atoms with Gasteiger partial charge in [-0.3, -0.25) is 9.52 Å². The van der Waals surface area contributed by atoms with E-state index in [4.69, 9.17) is 9.47 Å². The molecule has 1 atom stereocenters. The van der Waals surface area contributed by atoms with E-state index in [-0.39, 0.29) is 47.0 Å². The zero-order valence-electron chi connectivity index (χ0n) is 17.8. The first-order valence-electron chi connectivity index (χ1n) is 10.1. The summed E-state index contributed by atoms with van der Waals surface area (Å²) in [5.41, 5.74) is -0.148. The van der Waals surface area contributed by atoms with E-state index in [1.807, 2.05) is 0 Å². The summed E-state index contributed by atoms with van der Waals surface area (Å²) in [5.74, 6) is -1.26. The minimum absolute atomic E-state index is 0.00689. The van der Waals surface area contributed by atoms with Crippen LogP contribution in [0.3, 0.4) is 0 Å². The van der Waals surface area contributed by atoms with Crippen molar-refractivity contribution in [3.05, 3.63) is 42.1 Å². The van der Waals surface area contributed by atoms with Crippen LogP contribution in [0.4, 0.5) is 11.5 Å². The summed E-state index contributed by atoms with van der Waals surface area (Å²) >= 11 is 0. The Morgan fingerprint density at radius 1 is 1.28 bits per heavy atom. The highest BCUT2D eigenvalue weighted by molar-refractivity contribution is 7.92. The van der Waals surface area contributed by atoms with E-state index in [0.717, 1.165) is 0 Å². The fourth-order valence-electron chi connectivity index (χ4n) is 3.51. The van der Waals surface area contributed by atoms with Crippen LogP contribution in [0.15, 0.2) is 41.4 Å². The van der Waals surface area contributed by atoms with Gasteiger partial charge in [-0.25, -0.2) is 18.2 Å². The smallest absolute Gasteiger partial charge is 0.339 e. The molecule has 1 aliphatic rings. The largest absolute Gasteiger partial charge is 0.497 e. The topological polar surface area (TPSA) is 135 Å². The molecular formula is C21H25N3O7S. The number of hydrogen-bond donors (Lipinski definition) is 2. The number of carboxylic acid groups (broad SMARTS) is 1. The zero-order chi connectivity index (χ0) is 23.3. The van der Waals surface area contributed by atoms with E-state index in [1.165, 1.54) is 43.6 Å². The maximum absolute atomic E-state index is 12.7. The number of carbonyl (C=O) groups is 2. The number of aromatic carboxylic acids is 1. The highest BCUT2D eigenvalue weighted by Gasteiger charge is 2.30. The molecule has 0 bridgehead atoms. The molecule has 32 heavy (non-hydrogen) atoms. The SMILES string of the molecule is CCOC(=O)C1CCCN(c2ncc(NS(=O)(=O)c3ccc(OC)cc3)cc2C(=O)O)C1. The molecule has 0 spiro atoms. The van der Waals surface area contributed by atoms with Gasteiger partial charge < -0.3 is 19.5 Å². The van der Waals surface area contributed by atoms with E-state index in [9.17, 15) is 23.1 Å². The summed E-state index contributed by atoms with van der Waals surface area (Å²) in [6, 6.07) is 7.00. The van der Waals surface area contributed by atoms with E-state index < -0.39 is 16.0 Å². The lowest BCUT2D eigenvalue weighted by Gasteiger charge is -2.33. The minimum atomic E-state index is -3.96. The third kappa shape index (κ3) is 5.28. The van der Waals surface area contributed by atoms with Crippen molar-refractivity contribution in [1.29, 1.82) is 0 Å². The third-order valence-electron chi connectivity index (χ3n) is 5.06. The Kier molecular flexibility index (Phi) is 7.18. The Balaban J connectivity index is 1.84. The lowest BCUT2D eigenvalue weighted by atomic mass is 9.98. The van der Waals surface area contributed by atoms with Crippen LogP contribution in [0.1, 0.15) is 30.1 Å². The zero-order valence-corrected chi connectivity index (χ0v) is 18.6. The molecule has 1 aliphatic heterocycles. The Labute approximate surface area is 186 Å². The van der Waals surface area contributed by atoms with Crippen molar-refractivity contribution in [1.82, 2.24) is 4.98 Å². The number of sulfonamides is 1. The molecule has 0 saturated carbocycles. The van der Waals surface area contributed by atoms with E-state index in [2.05, 4.69) is 9.71 Å². The monoisotopic (exact) mass is 463 g/mol. The van der Waals surface area contributed by atoms with Crippen LogP contribution in [0.5, 0.6) is 5.75 Å². The summed E-state index contributed by atoms with van der Waals surface area (Å²) in [6.07, 6.45) is 2.59. The van der Waals surface area contributed by atoms with Gasteiger partial charge in [0.05, 0.1) is 36.4 Å². The fraction of sp³-hybridized carbons (Fsp3) is 0.381. The van der Waals surface area contributed by atoms with Gasteiger partial charge in [-0.2, -0.15) is 0 Å². The van der Waals surface area contributed by atoms with Gasteiger partial charge in [0.2, 0.25) is 0 Å². The highest BCUT2D eigenvalue weighted by Crippen LogP contribution is 2.28. The summed E-state index contributed by atoms with van der Waals surface area (Å²) in [5, 5.41) is 9.70. The fourth-order valence-corrected chi connectivity index (χ4v) is 4.55. The highest BCUT2D eigenvalue weighted by atomic mass is 32.2. The second kappa shape index (κ2) is 9.86. The first-order chi connectivity index (χ1) is 15.2. The summed E-state index contributed by atoms with van der Waals surface area (Å²) in [7, 11) is -2.49. The second-order valence-corrected chi connectivity index (χ2v) is 8.90. The number of methoxy groups -OCH3 is 1. The maximum atomic E-state index is 12.7. The molecule has 11 heteroatoms.